The predicted octanol–water partition coefficient (Wildman–Crippen LogP) is 2.77. The van der Waals surface area contributed by atoms with Crippen molar-refractivity contribution >= 4 is 12.2 Å². The topological polar surface area (TPSA) is 56.5 Å². The lowest BCUT2D eigenvalue weighted by Gasteiger charge is -2.24. The largest absolute Gasteiger partial charge is 0.388 e. The molecule has 0 aliphatic heterocycles. The molecular formula is C21H28N4. The maximum atomic E-state index is 4.27. The van der Waals surface area contributed by atoms with E-state index in [-0.39, 0.29) is 5.41 Å². The molecule has 0 fully saturated rings. The molecule has 4 nitrogen and oxygen atoms in total. The first-order chi connectivity index (χ1) is 12.0. The number of rotatable bonds is 2. The third-order valence-electron chi connectivity index (χ3n) is 5.34. The van der Waals surface area contributed by atoms with Crippen LogP contribution in [0.2, 0.25) is 0 Å². The number of nitrogens with zero attached hydrogens (tertiary/aromatic N) is 1. The van der Waals surface area contributed by atoms with Crippen molar-refractivity contribution in [2.75, 3.05) is 6.54 Å². The summed E-state index contributed by atoms with van der Waals surface area (Å²) in [5.74, 6) is 0. The highest BCUT2D eigenvalue weighted by atomic mass is 15.1. The van der Waals surface area contributed by atoms with Crippen molar-refractivity contribution in [2.45, 2.75) is 53.4 Å². The molecule has 132 valence electrons. The minimum atomic E-state index is 0.106. The van der Waals surface area contributed by atoms with Gasteiger partial charge < -0.3 is 10.3 Å². The fraction of sp³-hybridized carbons (Fsp3) is 0.476. The molecule has 2 heterocycles. The maximum Gasteiger partial charge on any atom is 0.0847 e. The van der Waals surface area contributed by atoms with Gasteiger partial charge in [-0.05, 0) is 59.6 Å². The third-order valence-corrected chi connectivity index (χ3v) is 5.34. The molecule has 2 aliphatic carbocycles. The molecule has 0 unspecified atom stereocenters. The van der Waals surface area contributed by atoms with Crippen LogP contribution in [0.3, 0.4) is 0 Å². The molecule has 4 heteroatoms. The highest BCUT2D eigenvalue weighted by Crippen LogP contribution is 2.31. The summed E-state index contributed by atoms with van der Waals surface area (Å²) in [6.45, 7) is 10.0. The molecule has 0 spiro atoms. The molecule has 2 aliphatic rings. The van der Waals surface area contributed by atoms with Crippen LogP contribution in [0.1, 0.15) is 51.7 Å². The molecular weight excluding hydrogens is 308 g/mol. The number of fused-ring (bicyclic) bond motifs is 5. The van der Waals surface area contributed by atoms with Gasteiger partial charge in [-0.1, -0.05) is 26.8 Å². The van der Waals surface area contributed by atoms with Crippen LogP contribution >= 0.6 is 0 Å². The maximum absolute atomic E-state index is 4.27. The molecule has 0 bridgehead atoms. The van der Waals surface area contributed by atoms with Crippen LogP contribution in [-0.2, 0) is 12.8 Å². The second-order valence-electron chi connectivity index (χ2n) is 8.15. The molecule has 0 atom stereocenters. The molecule has 25 heavy (non-hydrogen) atoms. The van der Waals surface area contributed by atoms with Gasteiger partial charge >= 0.3 is 0 Å². The van der Waals surface area contributed by atoms with Crippen molar-refractivity contribution in [3.63, 3.8) is 0 Å². The van der Waals surface area contributed by atoms with Crippen molar-refractivity contribution in [3.8, 4) is 11.4 Å². The Labute approximate surface area is 149 Å². The number of H-pyrrole nitrogens is 2. The summed E-state index contributed by atoms with van der Waals surface area (Å²) < 4.78 is 0. The minimum Gasteiger partial charge on any atom is -0.388 e. The highest BCUT2D eigenvalue weighted by Gasteiger charge is 2.23. The third kappa shape index (κ3) is 2.74. The van der Waals surface area contributed by atoms with E-state index in [1.165, 1.54) is 50.8 Å². The summed E-state index contributed by atoms with van der Waals surface area (Å²) >= 11 is 0. The fourth-order valence-corrected chi connectivity index (χ4v) is 4.16. The highest BCUT2D eigenvalue weighted by molar-refractivity contribution is 5.67. The van der Waals surface area contributed by atoms with E-state index in [1.807, 2.05) is 6.20 Å². The smallest absolute Gasteiger partial charge is 0.0847 e. The molecule has 4 rings (SSSR count). The van der Waals surface area contributed by atoms with Gasteiger partial charge in [-0.15, -0.1) is 0 Å². The second-order valence-corrected chi connectivity index (χ2v) is 8.15. The molecule has 0 saturated carbocycles. The van der Waals surface area contributed by atoms with Crippen LogP contribution in [0.25, 0.3) is 23.5 Å². The number of aryl methyl sites for hydroxylation is 1. The van der Waals surface area contributed by atoms with E-state index in [0.717, 1.165) is 25.8 Å². The first-order valence-electron chi connectivity index (χ1n) is 9.42. The summed E-state index contributed by atoms with van der Waals surface area (Å²) in [6, 6.07) is 0. The predicted molar refractivity (Wildman–Crippen MR) is 103 cm³/mol. The quantitative estimate of drug-likeness (QED) is 0.790. The number of hydrogen-bond donors (Lipinski definition) is 3. The zero-order valence-electron chi connectivity index (χ0n) is 15.7. The van der Waals surface area contributed by atoms with Gasteiger partial charge in [0.1, 0.15) is 0 Å². The van der Waals surface area contributed by atoms with Gasteiger partial charge in [-0.2, -0.15) is 5.10 Å². The summed E-state index contributed by atoms with van der Waals surface area (Å²) in [5.41, 5.74) is 8.04. The fourth-order valence-electron chi connectivity index (χ4n) is 4.16. The van der Waals surface area contributed by atoms with Crippen molar-refractivity contribution < 1.29 is 0 Å². The Hall–Kier alpha value is -2.23. The van der Waals surface area contributed by atoms with Gasteiger partial charge in [0.2, 0.25) is 0 Å². The summed E-state index contributed by atoms with van der Waals surface area (Å²) in [4.78, 5) is 3.72. The molecule has 0 radical (unpaired) electrons. The van der Waals surface area contributed by atoms with Crippen LogP contribution in [0, 0.1) is 5.41 Å². The van der Waals surface area contributed by atoms with Gasteiger partial charge in [0.25, 0.3) is 0 Å². The summed E-state index contributed by atoms with van der Waals surface area (Å²) in [5, 5.41) is 13.7. The Kier molecular flexibility index (Phi) is 3.86. The molecule has 0 saturated heterocycles. The van der Waals surface area contributed by atoms with Gasteiger partial charge in [0, 0.05) is 24.0 Å². The Morgan fingerprint density at radius 3 is 2.80 bits per heavy atom. The first-order valence-corrected chi connectivity index (χ1v) is 9.42. The number of allylic oxidation sites excluding steroid dienone is 2. The second kappa shape index (κ2) is 5.94. The van der Waals surface area contributed by atoms with E-state index in [2.05, 4.69) is 60.3 Å². The summed E-state index contributed by atoms with van der Waals surface area (Å²) in [6.07, 6.45) is 11.1. The molecule has 2 aromatic heterocycles. The van der Waals surface area contributed by atoms with Crippen molar-refractivity contribution in [1.29, 1.82) is 0 Å². The van der Waals surface area contributed by atoms with Crippen LogP contribution in [0.4, 0.5) is 0 Å². The van der Waals surface area contributed by atoms with E-state index in [1.54, 1.807) is 0 Å². The van der Waals surface area contributed by atoms with Gasteiger partial charge in [-0.3, -0.25) is 5.10 Å². The van der Waals surface area contributed by atoms with Crippen LogP contribution < -0.4 is 15.9 Å². The zero-order chi connectivity index (χ0) is 17.6. The summed E-state index contributed by atoms with van der Waals surface area (Å²) in [7, 11) is 0. The number of nitrogens with one attached hydrogen (secondary N) is 3. The monoisotopic (exact) mass is 336 g/mol. The van der Waals surface area contributed by atoms with E-state index in [4.69, 9.17) is 0 Å². The average molecular weight is 336 g/mol. The molecule has 0 amide bonds. The van der Waals surface area contributed by atoms with Gasteiger partial charge in [-0.25, -0.2) is 0 Å². The Balaban J connectivity index is 1.95. The van der Waals surface area contributed by atoms with Crippen LogP contribution in [-0.4, -0.2) is 21.7 Å². The zero-order valence-corrected chi connectivity index (χ0v) is 15.7. The van der Waals surface area contributed by atoms with E-state index in [0.29, 0.717) is 0 Å². The number of hydrogen-bond acceptors (Lipinski definition) is 2. The molecule has 3 N–H and O–H groups in total. The van der Waals surface area contributed by atoms with E-state index in [9.17, 15) is 0 Å². The van der Waals surface area contributed by atoms with E-state index >= 15 is 0 Å². The van der Waals surface area contributed by atoms with Crippen LogP contribution in [0.5, 0.6) is 0 Å². The number of aromatic nitrogens is 3. The number of aromatic amines is 2. The Morgan fingerprint density at radius 1 is 1.20 bits per heavy atom. The lowest BCUT2D eigenvalue weighted by molar-refractivity contribution is 0.511. The first kappa shape index (κ1) is 16.2. The van der Waals surface area contributed by atoms with Gasteiger partial charge in [0.05, 0.1) is 17.6 Å². The van der Waals surface area contributed by atoms with Crippen molar-refractivity contribution in [3.05, 3.63) is 39.2 Å². The SMILES string of the molecule is CCNC1=C(C(C)(C)C)C=c2[nH]c3c(c2=CC1)CCCc1cn[nH]c1-3. The van der Waals surface area contributed by atoms with Crippen molar-refractivity contribution in [2.24, 2.45) is 5.41 Å². The molecule has 0 aromatic carbocycles. The Bertz CT molecular complexity index is 947. The molecule has 2 aromatic rings. The Morgan fingerprint density at radius 2 is 2.04 bits per heavy atom. The van der Waals surface area contributed by atoms with Gasteiger partial charge in [0.15, 0.2) is 0 Å². The van der Waals surface area contributed by atoms with Crippen LogP contribution in [0.15, 0.2) is 17.5 Å². The van der Waals surface area contributed by atoms with Crippen molar-refractivity contribution in [1.82, 2.24) is 20.5 Å². The normalized spacial score (nSPS) is 16.8. The minimum absolute atomic E-state index is 0.106. The van der Waals surface area contributed by atoms with E-state index < -0.39 is 0 Å². The lowest BCUT2D eigenvalue weighted by Crippen LogP contribution is -2.25. The average Bonchev–Trinajstić information content (AvgIpc) is 3.04. The standard InChI is InChI=1S/C21H28N4/c1-5-22-17-10-9-14-15-8-6-7-13-12-23-25-19(13)20(15)24-18(14)11-16(17)21(2,3)4/h9,11-12,22,24H,5-8,10H2,1-4H3,(H,23,25). The lowest BCUT2D eigenvalue weighted by atomic mass is 9.84.